The smallest absolute Gasteiger partial charge is 0.230 e. The number of thioether (sulfide) groups is 1. The topological polar surface area (TPSA) is 59.8 Å². The molecule has 1 aliphatic rings. The van der Waals surface area contributed by atoms with E-state index in [-0.39, 0.29) is 5.91 Å². The van der Waals surface area contributed by atoms with Crippen LogP contribution in [0.5, 0.6) is 0 Å². The fraction of sp³-hybridized carbons (Fsp3) is 0.609. The van der Waals surface area contributed by atoms with Crippen LogP contribution in [0, 0.1) is 5.92 Å². The quantitative estimate of drug-likeness (QED) is 0.359. The van der Waals surface area contributed by atoms with Crippen LogP contribution >= 0.6 is 23.4 Å². The molecular weight excluding hydrogens is 416 g/mol. The van der Waals surface area contributed by atoms with E-state index in [0.29, 0.717) is 22.7 Å². The Balaban J connectivity index is 1.66. The van der Waals surface area contributed by atoms with Crippen LogP contribution in [0.15, 0.2) is 29.4 Å². The zero-order valence-corrected chi connectivity index (χ0v) is 19.6. The summed E-state index contributed by atoms with van der Waals surface area (Å²) in [6.45, 7) is 5.31. The number of rotatable bonds is 10. The van der Waals surface area contributed by atoms with Gasteiger partial charge >= 0.3 is 0 Å². The first-order valence-corrected chi connectivity index (χ1v) is 12.6. The molecule has 0 aliphatic heterocycles. The first-order valence-electron chi connectivity index (χ1n) is 11.2. The van der Waals surface area contributed by atoms with Crippen molar-refractivity contribution in [1.29, 1.82) is 0 Å². The average Bonchev–Trinajstić information content (AvgIpc) is 3.15. The van der Waals surface area contributed by atoms with Crippen molar-refractivity contribution >= 4 is 29.3 Å². The van der Waals surface area contributed by atoms with Gasteiger partial charge < -0.3 is 9.88 Å². The third kappa shape index (κ3) is 6.48. The summed E-state index contributed by atoms with van der Waals surface area (Å²) in [5, 5.41) is 13.6. The Morgan fingerprint density at radius 2 is 1.93 bits per heavy atom. The molecule has 2 atom stereocenters. The minimum atomic E-state index is 0.0901. The Morgan fingerprint density at radius 1 is 1.17 bits per heavy atom. The van der Waals surface area contributed by atoms with Gasteiger partial charge in [0, 0.05) is 23.2 Å². The first kappa shape index (κ1) is 23.1. The summed E-state index contributed by atoms with van der Waals surface area (Å²) < 4.78 is 2.15. The van der Waals surface area contributed by atoms with Gasteiger partial charge in [-0.1, -0.05) is 69.3 Å². The molecule has 1 aromatic carbocycles. The minimum absolute atomic E-state index is 0.0901. The summed E-state index contributed by atoms with van der Waals surface area (Å²) in [4.78, 5) is 12.6. The van der Waals surface area contributed by atoms with Crippen LogP contribution in [-0.4, -0.2) is 32.5 Å². The number of carbonyl (C=O) groups is 1. The van der Waals surface area contributed by atoms with Crippen LogP contribution in [0.1, 0.15) is 65.2 Å². The Bertz CT molecular complexity index is 808. The van der Waals surface area contributed by atoms with Crippen LogP contribution in [0.2, 0.25) is 5.02 Å². The molecule has 0 bridgehead atoms. The van der Waals surface area contributed by atoms with Crippen molar-refractivity contribution in [3.63, 3.8) is 0 Å². The Hall–Kier alpha value is -1.53. The number of carbonyl (C=O) groups excluding carboxylic acids is 1. The molecule has 7 heteroatoms. The van der Waals surface area contributed by atoms with E-state index in [0.717, 1.165) is 35.9 Å². The molecule has 3 rings (SSSR count). The van der Waals surface area contributed by atoms with Crippen molar-refractivity contribution in [3.05, 3.63) is 29.3 Å². The Labute approximate surface area is 189 Å². The van der Waals surface area contributed by atoms with Gasteiger partial charge in [0.25, 0.3) is 0 Å². The van der Waals surface area contributed by atoms with Gasteiger partial charge in [-0.15, -0.1) is 10.2 Å². The summed E-state index contributed by atoms with van der Waals surface area (Å²) in [5.41, 5.74) is 0.995. The zero-order valence-electron chi connectivity index (χ0n) is 18.1. The molecule has 1 aromatic heterocycles. The summed E-state index contributed by atoms with van der Waals surface area (Å²) in [6, 6.07) is 8.00. The van der Waals surface area contributed by atoms with E-state index in [1.807, 2.05) is 24.3 Å². The molecule has 5 nitrogen and oxygen atoms in total. The van der Waals surface area contributed by atoms with Crippen molar-refractivity contribution in [3.8, 4) is 11.4 Å². The second-order valence-corrected chi connectivity index (χ2v) is 9.63. The number of hydrogen-bond acceptors (Lipinski definition) is 4. The maximum absolute atomic E-state index is 12.6. The van der Waals surface area contributed by atoms with Gasteiger partial charge in [0.05, 0.1) is 5.75 Å². The largest absolute Gasteiger partial charge is 0.352 e. The maximum Gasteiger partial charge on any atom is 0.230 e. The van der Waals surface area contributed by atoms with E-state index in [2.05, 4.69) is 33.9 Å². The van der Waals surface area contributed by atoms with Gasteiger partial charge in [-0.05, 0) is 49.4 Å². The molecule has 164 valence electrons. The third-order valence-corrected chi connectivity index (χ3v) is 7.06. The number of unbranched alkanes of at least 4 members (excludes halogenated alkanes) is 3. The van der Waals surface area contributed by atoms with Crippen molar-refractivity contribution in [2.75, 3.05) is 5.75 Å². The Kier molecular flexibility index (Phi) is 9.06. The molecule has 1 N–H and O–H groups in total. The lowest BCUT2D eigenvalue weighted by Gasteiger charge is -2.29. The van der Waals surface area contributed by atoms with Gasteiger partial charge in [0.2, 0.25) is 5.91 Å². The number of halogens is 1. The summed E-state index contributed by atoms with van der Waals surface area (Å²) in [6.07, 6.45) is 9.46. The molecule has 2 aromatic rings. The number of aromatic nitrogens is 3. The molecule has 0 saturated heterocycles. The standard InChI is InChI=1S/C23H33ClN4OS/c1-3-4-5-8-15-28-22(18-11-13-19(24)14-12-18)26-27-23(28)30-16-21(29)25-20-10-7-6-9-17(20)2/h11-14,17,20H,3-10,15-16H2,1-2H3,(H,25,29). The maximum atomic E-state index is 12.6. The number of nitrogens with one attached hydrogen (secondary N) is 1. The van der Waals surface area contributed by atoms with Gasteiger partial charge in [-0.3, -0.25) is 4.79 Å². The van der Waals surface area contributed by atoms with E-state index in [1.54, 1.807) is 0 Å². The van der Waals surface area contributed by atoms with E-state index in [1.165, 1.54) is 50.3 Å². The lowest BCUT2D eigenvalue weighted by molar-refractivity contribution is -0.119. The highest BCUT2D eigenvalue weighted by molar-refractivity contribution is 7.99. The minimum Gasteiger partial charge on any atom is -0.352 e. The highest BCUT2D eigenvalue weighted by atomic mass is 35.5. The number of hydrogen-bond donors (Lipinski definition) is 1. The van der Waals surface area contributed by atoms with Gasteiger partial charge in [-0.2, -0.15) is 0 Å². The van der Waals surface area contributed by atoms with Crippen LogP contribution in [0.25, 0.3) is 11.4 Å². The molecule has 1 heterocycles. The van der Waals surface area contributed by atoms with E-state index in [9.17, 15) is 4.79 Å². The second kappa shape index (κ2) is 11.8. The predicted molar refractivity (Wildman–Crippen MR) is 125 cm³/mol. The van der Waals surface area contributed by atoms with Crippen LogP contribution < -0.4 is 5.32 Å². The fourth-order valence-electron chi connectivity index (χ4n) is 4.02. The van der Waals surface area contributed by atoms with E-state index < -0.39 is 0 Å². The van der Waals surface area contributed by atoms with E-state index >= 15 is 0 Å². The molecule has 1 fully saturated rings. The molecule has 2 unspecified atom stereocenters. The molecular formula is C23H33ClN4OS. The Morgan fingerprint density at radius 3 is 2.67 bits per heavy atom. The first-order chi connectivity index (χ1) is 14.6. The lowest BCUT2D eigenvalue weighted by Crippen LogP contribution is -2.41. The summed E-state index contributed by atoms with van der Waals surface area (Å²) in [7, 11) is 0. The van der Waals surface area contributed by atoms with Gasteiger partial charge in [0.1, 0.15) is 0 Å². The second-order valence-electron chi connectivity index (χ2n) is 8.25. The summed E-state index contributed by atoms with van der Waals surface area (Å²) in [5.74, 6) is 1.86. The third-order valence-electron chi connectivity index (χ3n) is 5.84. The van der Waals surface area contributed by atoms with E-state index in [4.69, 9.17) is 11.6 Å². The predicted octanol–water partition coefficient (Wildman–Crippen LogP) is 5.97. The van der Waals surface area contributed by atoms with Crippen molar-refractivity contribution < 1.29 is 4.79 Å². The monoisotopic (exact) mass is 448 g/mol. The molecule has 1 amide bonds. The molecule has 1 aliphatic carbocycles. The van der Waals surface area contributed by atoms with Crippen molar-refractivity contribution in [2.45, 2.75) is 83.0 Å². The molecule has 1 saturated carbocycles. The fourth-order valence-corrected chi connectivity index (χ4v) is 4.92. The zero-order chi connectivity index (χ0) is 21.3. The summed E-state index contributed by atoms with van der Waals surface area (Å²) >= 11 is 7.52. The SMILES string of the molecule is CCCCCCn1c(SCC(=O)NC2CCCCC2C)nnc1-c1ccc(Cl)cc1. The van der Waals surface area contributed by atoms with Gasteiger partial charge in [0.15, 0.2) is 11.0 Å². The highest BCUT2D eigenvalue weighted by Crippen LogP contribution is 2.27. The van der Waals surface area contributed by atoms with Crippen molar-refractivity contribution in [2.24, 2.45) is 5.92 Å². The normalized spacial score (nSPS) is 19.0. The van der Waals surface area contributed by atoms with Crippen molar-refractivity contribution in [1.82, 2.24) is 20.1 Å². The molecule has 30 heavy (non-hydrogen) atoms. The highest BCUT2D eigenvalue weighted by Gasteiger charge is 2.23. The number of amides is 1. The molecule has 0 spiro atoms. The van der Waals surface area contributed by atoms with Crippen LogP contribution in [0.3, 0.4) is 0 Å². The molecule has 0 radical (unpaired) electrons. The van der Waals surface area contributed by atoms with Gasteiger partial charge in [-0.25, -0.2) is 0 Å². The number of benzene rings is 1. The van der Waals surface area contributed by atoms with Crippen LogP contribution in [0.4, 0.5) is 0 Å². The average molecular weight is 449 g/mol. The van der Waals surface area contributed by atoms with Crippen LogP contribution in [-0.2, 0) is 11.3 Å². The number of nitrogens with zero attached hydrogens (tertiary/aromatic N) is 3. The lowest BCUT2D eigenvalue weighted by atomic mass is 9.86.